The number of benzene rings is 1. The van der Waals surface area contributed by atoms with Crippen LogP contribution in [0.2, 0.25) is 0 Å². The second-order valence-electron chi connectivity index (χ2n) is 4.71. The van der Waals surface area contributed by atoms with E-state index in [1.165, 1.54) is 0 Å². The molecule has 0 spiro atoms. The van der Waals surface area contributed by atoms with Crippen LogP contribution in [0, 0.1) is 0 Å². The predicted molar refractivity (Wildman–Crippen MR) is 73.5 cm³/mol. The number of amides is 1. The van der Waals surface area contributed by atoms with Crippen molar-refractivity contribution >= 4 is 11.6 Å². The highest BCUT2D eigenvalue weighted by atomic mass is 16.2. The lowest BCUT2D eigenvalue weighted by molar-refractivity contribution is 0.0733. The molecule has 4 nitrogen and oxygen atoms in total. The highest BCUT2D eigenvalue weighted by molar-refractivity contribution is 5.94. The zero-order valence-electron chi connectivity index (χ0n) is 10.5. The molecule has 4 heteroatoms. The number of carbonyl (C=O) groups excluding carboxylic acids is 1. The number of rotatable bonds is 1. The molecule has 0 saturated carbocycles. The van der Waals surface area contributed by atoms with Crippen LogP contribution in [0.1, 0.15) is 21.6 Å². The normalized spacial score (nSPS) is 14.0. The van der Waals surface area contributed by atoms with E-state index >= 15 is 0 Å². The van der Waals surface area contributed by atoms with E-state index in [4.69, 9.17) is 5.73 Å². The number of hydrogen-bond donors (Lipinski definition) is 1. The first-order chi connectivity index (χ1) is 9.24. The third-order valence-electron chi connectivity index (χ3n) is 3.41. The average Bonchev–Trinajstić information content (AvgIpc) is 2.47. The molecule has 1 aromatic heterocycles. The van der Waals surface area contributed by atoms with Crippen molar-refractivity contribution < 1.29 is 4.79 Å². The van der Waals surface area contributed by atoms with E-state index in [1.807, 2.05) is 17.0 Å². The van der Waals surface area contributed by atoms with Crippen LogP contribution in [0.3, 0.4) is 0 Å². The number of nitrogens with two attached hydrogens (primary N) is 1. The van der Waals surface area contributed by atoms with Crippen molar-refractivity contribution in [3.05, 3.63) is 59.4 Å². The highest BCUT2D eigenvalue weighted by Gasteiger charge is 2.21. The summed E-state index contributed by atoms with van der Waals surface area (Å²) in [6.45, 7) is 1.35. The number of fused-ring (bicyclic) bond motifs is 1. The molecule has 96 valence electrons. The minimum atomic E-state index is 0.0505. The fourth-order valence-corrected chi connectivity index (χ4v) is 2.35. The third kappa shape index (κ3) is 2.29. The van der Waals surface area contributed by atoms with Gasteiger partial charge in [-0.1, -0.05) is 6.07 Å². The Bertz CT molecular complexity index is 607. The molecule has 0 fully saturated rings. The lowest BCUT2D eigenvalue weighted by Crippen LogP contribution is -2.36. The fraction of sp³-hybridized carbons (Fsp3) is 0.200. The minimum absolute atomic E-state index is 0.0505. The Hall–Kier alpha value is -2.36. The second-order valence-corrected chi connectivity index (χ2v) is 4.71. The number of aromatic nitrogens is 1. The highest BCUT2D eigenvalue weighted by Crippen LogP contribution is 2.18. The van der Waals surface area contributed by atoms with Crippen LogP contribution in [0.5, 0.6) is 0 Å². The van der Waals surface area contributed by atoms with Crippen LogP contribution in [-0.2, 0) is 13.0 Å². The Morgan fingerprint density at radius 1 is 1.21 bits per heavy atom. The van der Waals surface area contributed by atoms with Crippen molar-refractivity contribution in [2.45, 2.75) is 13.0 Å². The molecular formula is C15H15N3O. The standard InChI is InChI=1S/C15H15N3O/c16-13-5-3-11(4-6-13)15(19)18-9-7-14-12(10-18)2-1-8-17-14/h1-6,8H,7,9-10,16H2. The first kappa shape index (κ1) is 11.7. The summed E-state index contributed by atoms with van der Waals surface area (Å²) in [5, 5.41) is 0. The molecule has 2 aromatic rings. The van der Waals surface area contributed by atoms with Gasteiger partial charge in [0.2, 0.25) is 0 Å². The van der Waals surface area contributed by atoms with Crippen molar-refractivity contribution in [1.29, 1.82) is 0 Å². The largest absolute Gasteiger partial charge is 0.399 e. The van der Waals surface area contributed by atoms with Crippen LogP contribution in [0.15, 0.2) is 42.6 Å². The zero-order chi connectivity index (χ0) is 13.2. The number of anilines is 1. The molecule has 19 heavy (non-hydrogen) atoms. The summed E-state index contributed by atoms with van der Waals surface area (Å²) in [4.78, 5) is 18.6. The summed E-state index contributed by atoms with van der Waals surface area (Å²) in [6, 6.07) is 11.0. The van der Waals surface area contributed by atoms with E-state index in [0.29, 0.717) is 24.3 Å². The molecule has 1 amide bonds. The van der Waals surface area contributed by atoms with Crippen molar-refractivity contribution in [3.8, 4) is 0 Å². The third-order valence-corrected chi connectivity index (χ3v) is 3.41. The maximum absolute atomic E-state index is 12.4. The van der Waals surface area contributed by atoms with Crippen LogP contribution in [-0.4, -0.2) is 22.3 Å². The molecule has 1 aliphatic heterocycles. The molecule has 0 bridgehead atoms. The lowest BCUT2D eigenvalue weighted by Gasteiger charge is -2.28. The van der Waals surface area contributed by atoms with Gasteiger partial charge < -0.3 is 10.6 Å². The molecule has 3 rings (SSSR count). The van der Waals surface area contributed by atoms with Gasteiger partial charge in [0.15, 0.2) is 0 Å². The van der Waals surface area contributed by atoms with Gasteiger partial charge in [-0.15, -0.1) is 0 Å². The van der Waals surface area contributed by atoms with Crippen molar-refractivity contribution in [3.63, 3.8) is 0 Å². The summed E-state index contributed by atoms with van der Waals surface area (Å²) in [6.07, 6.45) is 2.62. The molecule has 2 heterocycles. The molecule has 0 aliphatic carbocycles. The topological polar surface area (TPSA) is 59.2 Å². The molecule has 1 aliphatic rings. The average molecular weight is 253 g/mol. The Kier molecular flexibility index (Phi) is 2.91. The van der Waals surface area contributed by atoms with Gasteiger partial charge in [-0.25, -0.2) is 0 Å². The molecular weight excluding hydrogens is 238 g/mol. The van der Waals surface area contributed by atoms with Crippen LogP contribution < -0.4 is 5.73 Å². The van der Waals surface area contributed by atoms with Gasteiger partial charge in [-0.3, -0.25) is 9.78 Å². The van der Waals surface area contributed by atoms with Crippen molar-refractivity contribution in [2.24, 2.45) is 0 Å². The summed E-state index contributed by atoms with van der Waals surface area (Å²) in [5.41, 5.74) is 9.23. The van der Waals surface area contributed by atoms with Gasteiger partial charge >= 0.3 is 0 Å². The first-order valence-corrected chi connectivity index (χ1v) is 6.31. The lowest BCUT2D eigenvalue weighted by atomic mass is 10.0. The van der Waals surface area contributed by atoms with E-state index in [9.17, 15) is 4.79 Å². The Balaban J connectivity index is 1.81. The van der Waals surface area contributed by atoms with Gasteiger partial charge in [-0.05, 0) is 35.9 Å². The van der Waals surface area contributed by atoms with E-state index < -0.39 is 0 Å². The first-order valence-electron chi connectivity index (χ1n) is 6.31. The smallest absolute Gasteiger partial charge is 0.254 e. The Morgan fingerprint density at radius 2 is 2.00 bits per heavy atom. The van der Waals surface area contributed by atoms with Gasteiger partial charge in [0.05, 0.1) is 0 Å². The maximum Gasteiger partial charge on any atom is 0.254 e. The maximum atomic E-state index is 12.4. The molecule has 0 atom stereocenters. The van der Waals surface area contributed by atoms with Crippen LogP contribution in [0.4, 0.5) is 5.69 Å². The SMILES string of the molecule is Nc1ccc(C(=O)N2CCc3ncccc3C2)cc1. The predicted octanol–water partition coefficient (Wildman–Crippen LogP) is 1.86. The van der Waals surface area contributed by atoms with Gasteiger partial charge in [0, 0.05) is 42.7 Å². The molecule has 0 radical (unpaired) electrons. The quantitative estimate of drug-likeness (QED) is 0.789. The number of pyridine rings is 1. The van der Waals surface area contributed by atoms with E-state index in [-0.39, 0.29) is 5.91 Å². The molecule has 0 unspecified atom stereocenters. The van der Waals surface area contributed by atoms with Gasteiger partial charge in [0.25, 0.3) is 5.91 Å². The second kappa shape index (κ2) is 4.72. The summed E-state index contributed by atoms with van der Waals surface area (Å²) < 4.78 is 0. The Labute approximate surface area is 111 Å². The van der Waals surface area contributed by atoms with Gasteiger partial charge in [0.1, 0.15) is 0 Å². The van der Waals surface area contributed by atoms with Gasteiger partial charge in [-0.2, -0.15) is 0 Å². The number of carbonyl (C=O) groups is 1. The van der Waals surface area contributed by atoms with E-state index in [2.05, 4.69) is 4.98 Å². The Morgan fingerprint density at radius 3 is 2.79 bits per heavy atom. The molecule has 0 saturated heterocycles. The van der Waals surface area contributed by atoms with Crippen molar-refractivity contribution in [1.82, 2.24) is 9.88 Å². The van der Waals surface area contributed by atoms with E-state index in [0.717, 1.165) is 17.7 Å². The van der Waals surface area contributed by atoms with Crippen LogP contribution in [0.25, 0.3) is 0 Å². The minimum Gasteiger partial charge on any atom is -0.399 e. The van der Waals surface area contributed by atoms with Crippen LogP contribution >= 0.6 is 0 Å². The number of hydrogen-bond acceptors (Lipinski definition) is 3. The molecule has 1 aromatic carbocycles. The molecule has 2 N–H and O–H groups in total. The summed E-state index contributed by atoms with van der Waals surface area (Å²) >= 11 is 0. The number of nitrogen functional groups attached to an aromatic ring is 1. The van der Waals surface area contributed by atoms with Crippen molar-refractivity contribution in [2.75, 3.05) is 12.3 Å². The monoisotopic (exact) mass is 253 g/mol. The van der Waals surface area contributed by atoms with E-state index in [1.54, 1.807) is 30.5 Å². The number of nitrogens with zero attached hydrogens (tertiary/aromatic N) is 2. The zero-order valence-corrected chi connectivity index (χ0v) is 10.5. The fourth-order valence-electron chi connectivity index (χ4n) is 2.35. The summed E-state index contributed by atoms with van der Waals surface area (Å²) in [7, 11) is 0. The summed E-state index contributed by atoms with van der Waals surface area (Å²) in [5.74, 6) is 0.0505.